The first kappa shape index (κ1) is 17.1. The van der Waals surface area contributed by atoms with Crippen LogP contribution in [0.3, 0.4) is 0 Å². The Bertz CT molecular complexity index is 746. The third-order valence-corrected chi connectivity index (χ3v) is 4.51. The quantitative estimate of drug-likeness (QED) is 0.836. The van der Waals surface area contributed by atoms with E-state index in [0.717, 1.165) is 29.9 Å². The van der Waals surface area contributed by atoms with E-state index in [1.165, 1.54) is 0 Å². The minimum absolute atomic E-state index is 0.0181. The number of amides is 1. The van der Waals surface area contributed by atoms with Gasteiger partial charge in [-0.15, -0.1) is 0 Å². The normalized spacial score (nSPS) is 16.6. The fourth-order valence-corrected chi connectivity index (χ4v) is 3.22. The van der Waals surface area contributed by atoms with Crippen molar-refractivity contribution >= 4 is 5.91 Å². The number of likely N-dealkylation sites (tertiary alicyclic amines) is 1. The van der Waals surface area contributed by atoms with E-state index in [9.17, 15) is 4.79 Å². The molecule has 0 saturated carbocycles. The van der Waals surface area contributed by atoms with Gasteiger partial charge in [0.1, 0.15) is 11.5 Å². The molecule has 0 radical (unpaired) electrons. The molecule has 1 aromatic heterocycles. The van der Waals surface area contributed by atoms with Crippen LogP contribution in [0.15, 0.2) is 36.5 Å². The van der Waals surface area contributed by atoms with Crippen LogP contribution in [0.5, 0.6) is 17.4 Å². The average Bonchev–Trinajstić information content (AvgIpc) is 3.16. The van der Waals surface area contributed by atoms with Crippen molar-refractivity contribution in [2.45, 2.75) is 18.9 Å². The number of carbonyl (C=O) groups is 1. The molecule has 1 unspecified atom stereocenters. The van der Waals surface area contributed by atoms with E-state index in [1.807, 2.05) is 23.1 Å². The molecule has 6 heteroatoms. The standard InChI is InChI=1S/C19H22N2O4/c1-23-14-7-8-15(17(11-14)24-2)16-5-4-10-21(16)19(22)13-6-9-18(25-3)20-12-13/h6-9,11-12,16H,4-5,10H2,1-3H3. The third-order valence-electron chi connectivity index (χ3n) is 4.51. The Morgan fingerprint density at radius 2 is 1.96 bits per heavy atom. The lowest BCUT2D eigenvalue weighted by atomic mass is 10.0. The highest BCUT2D eigenvalue weighted by Crippen LogP contribution is 2.39. The van der Waals surface area contributed by atoms with Crippen molar-refractivity contribution in [2.24, 2.45) is 0 Å². The van der Waals surface area contributed by atoms with E-state index in [4.69, 9.17) is 14.2 Å². The van der Waals surface area contributed by atoms with Crippen LogP contribution in [0.4, 0.5) is 0 Å². The molecule has 1 aliphatic heterocycles. The summed E-state index contributed by atoms with van der Waals surface area (Å²) in [6.45, 7) is 0.713. The molecule has 1 aromatic carbocycles. The van der Waals surface area contributed by atoms with E-state index < -0.39 is 0 Å². The minimum Gasteiger partial charge on any atom is -0.497 e. The summed E-state index contributed by atoms with van der Waals surface area (Å²) in [5.41, 5.74) is 1.55. The van der Waals surface area contributed by atoms with Crippen LogP contribution < -0.4 is 14.2 Å². The van der Waals surface area contributed by atoms with Gasteiger partial charge in [-0.3, -0.25) is 4.79 Å². The molecule has 25 heavy (non-hydrogen) atoms. The summed E-state index contributed by atoms with van der Waals surface area (Å²) < 4.78 is 15.8. The van der Waals surface area contributed by atoms with Crippen LogP contribution in [0.25, 0.3) is 0 Å². The van der Waals surface area contributed by atoms with Crippen LogP contribution in [0.2, 0.25) is 0 Å². The fraction of sp³-hybridized carbons (Fsp3) is 0.368. The molecule has 1 aliphatic rings. The highest BCUT2D eigenvalue weighted by atomic mass is 16.5. The summed E-state index contributed by atoms with van der Waals surface area (Å²) >= 11 is 0. The number of methoxy groups -OCH3 is 3. The van der Waals surface area contributed by atoms with E-state index in [0.29, 0.717) is 18.0 Å². The van der Waals surface area contributed by atoms with Gasteiger partial charge in [-0.2, -0.15) is 0 Å². The maximum absolute atomic E-state index is 12.9. The Hall–Kier alpha value is -2.76. The number of hydrogen-bond donors (Lipinski definition) is 0. The van der Waals surface area contributed by atoms with Gasteiger partial charge in [-0.05, 0) is 31.0 Å². The van der Waals surface area contributed by atoms with Crippen LogP contribution in [0, 0.1) is 0 Å². The van der Waals surface area contributed by atoms with Crippen LogP contribution >= 0.6 is 0 Å². The number of carbonyl (C=O) groups excluding carboxylic acids is 1. The molecule has 2 aromatic rings. The molecule has 0 spiro atoms. The van der Waals surface area contributed by atoms with Crippen molar-refractivity contribution < 1.29 is 19.0 Å². The second kappa shape index (κ2) is 7.42. The molecule has 1 amide bonds. The third kappa shape index (κ3) is 3.38. The Labute approximate surface area is 147 Å². The zero-order valence-corrected chi connectivity index (χ0v) is 14.7. The molecule has 0 aliphatic carbocycles. The number of pyridine rings is 1. The molecule has 1 fully saturated rings. The van der Waals surface area contributed by atoms with Gasteiger partial charge in [-0.25, -0.2) is 4.98 Å². The van der Waals surface area contributed by atoms with Gasteiger partial charge in [0.15, 0.2) is 0 Å². The summed E-state index contributed by atoms with van der Waals surface area (Å²) in [6, 6.07) is 9.15. The van der Waals surface area contributed by atoms with Crippen molar-refractivity contribution in [3.63, 3.8) is 0 Å². The summed E-state index contributed by atoms with van der Waals surface area (Å²) in [4.78, 5) is 18.9. The lowest BCUT2D eigenvalue weighted by molar-refractivity contribution is 0.0733. The summed E-state index contributed by atoms with van der Waals surface area (Å²) in [5.74, 6) is 1.93. The number of aromatic nitrogens is 1. The fourth-order valence-electron chi connectivity index (χ4n) is 3.22. The smallest absolute Gasteiger partial charge is 0.255 e. The van der Waals surface area contributed by atoms with Crippen molar-refractivity contribution in [3.8, 4) is 17.4 Å². The van der Waals surface area contributed by atoms with Crippen molar-refractivity contribution in [1.82, 2.24) is 9.88 Å². The highest BCUT2D eigenvalue weighted by Gasteiger charge is 2.32. The molecular weight excluding hydrogens is 320 g/mol. The highest BCUT2D eigenvalue weighted by molar-refractivity contribution is 5.94. The van der Waals surface area contributed by atoms with Gasteiger partial charge in [0, 0.05) is 30.4 Å². The summed E-state index contributed by atoms with van der Waals surface area (Å²) in [7, 11) is 4.81. The Balaban J connectivity index is 1.88. The maximum Gasteiger partial charge on any atom is 0.255 e. The lowest BCUT2D eigenvalue weighted by Crippen LogP contribution is -2.30. The molecule has 1 saturated heterocycles. The Kier molecular flexibility index (Phi) is 5.07. The van der Waals surface area contributed by atoms with Crippen molar-refractivity contribution in [1.29, 1.82) is 0 Å². The zero-order chi connectivity index (χ0) is 17.8. The van der Waals surface area contributed by atoms with E-state index in [1.54, 1.807) is 39.7 Å². The first-order valence-corrected chi connectivity index (χ1v) is 8.21. The maximum atomic E-state index is 12.9. The monoisotopic (exact) mass is 342 g/mol. The number of ether oxygens (including phenoxy) is 3. The zero-order valence-electron chi connectivity index (χ0n) is 14.7. The number of benzene rings is 1. The SMILES string of the molecule is COc1ccc(C2CCCN2C(=O)c2ccc(OC)nc2)c(OC)c1. The predicted molar refractivity (Wildman–Crippen MR) is 93.3 cm³/mol. The molecule has 2 heterocycles. The molecule has 3 rings (SSSR count). The summed E-state index contributed by atoms with van der Waals surface area (Å²) in [5, 5.41) is 0. The van der Waals surface area contributed by atoms with Crippen molar-refractivity contribution in [2.75, 3.05) is 27.9 Å². The molecular formula is C19H22N2O4. The second-order valence-corrected chi connectivity index (χ2v) is 5.85. The van der Waals surface area contributed by atoms with Gasteiger partial charge in [0.2, 0.25) is 5.88 Å². The number of nitrogens with zero attached hydrogens (tertiary/aromatic N) is 2. The molecule has 6 nitrogen and oxygen atoms in total. The van der Waals surface area contributed by atoms with Gasteiger partial charge in [0.05, 0.1) is 32.9 Å². The van der Waals surface area contributed by atoms with E-state index in [-0.39, 0.29) is 11.9 Å². The largest absolute Gasteiger partial charge is 0.497 e. The van der Waals surface area contributed by atoms with Crippen LogP contribution in [-0.4, -0.2) is 43.7 Å². The predicted octanol–water partition coefficient (Wildman–Crippen LogP) is 3.08. The Morgan fingerprint density at radius 3 is 2.60 bits per heavy atom. The topological polar surface area (TPSA) is 60.9 Å². The number of hydrogen-bond acceptors (Lipinski definition) is 5. The average molecular weight is 342 g/mol. The van der Waals surface area contributed by atoms with Gasteiger partial charge in [0.25, 0.3) is 5.91 Å². The van der Waals surface area contributed by atoms with E-state index >= 15 is 0 Å². The molecule has 0 N–H and O–H groups in total. The van der Waals surface area contributed by atoms with Gasteiger partial charge in [-0.1, -0.05) is 0 Å². The first-order valence-electron chi connectivity index (χ1n) is 8.21. The first-order chi connectivity index (χ1) is 12.2. The van der Waals surface area contributed by atoms with Gasteiger partial charge < -0.3 is 19.1 Å². The molecule has 0 bridgehead atoms. The van der Waals surface area contributed by atoms with Gasteiger partial charge >= 0.3 is 0 Å². The minimum atomic E-state index is -0.0319. The van der Waals surface area contributed by atoms with Crippen LogP contribution in [-0.2, 0) is 0 Å². The van der Waals surface area contributed by atoms with E-state index in [2.05, 4.69) is 4.98 Å². The summed E-state index contributed by atoms with van der Waals surface area (Å²) in [6.07, 6.45) is 3.41. The van der Waals surface area contributed by atoms with Crippen LogP contribution in [0.1, 0.15) is 34.8 Å². The molecule has 132 valence electrons. The number of rotatable bonds is 5. The lowest BCUT2D eigenvalue weighted by Gasteiger charge is -2.26. The Morgan fingerprint density at radius 1 is 1.12 bits per heavy atom. The van der Waals surface area contributed by atoms with Crippen molar-refractivity contribution in [3.05, 3.63) is 47.7 Å². The molecule has 1 atom stereocenters. The second-order valence-electron chi connectivity index (χ2n) is 5.85.